The van der Waals surface area contributed by atoms with Crippen molar-refractivity contribution in [3.8, 4) is 0 Å². The Morgan fingerprint density at radius 2 is 1.84 bits per heavy atom. The van der Waals surface area contributed by atoms with Gasteiger partial charge in [-0.1, -0.05) is 26.8 Å². The van der Waals surface area contributed by atoms with Crippen LogP contribution in [0, 0.1) is 18.2 Å². The lowest BCUT2D eigenvalue weighted by molar-refractivity contribution is -0.352. The number of fused-ring (bicyclic) bond motifs is 1. The first-order valence-electron chi connectivity index (χ1n) is 10.4. The van der Waals surface area contributed by atoms with Crippen LogP contribution in [0.4, 0.5) is 21.5 Å². The summed E-state index contributed by atoms with van der Waals surface area (Å²) in [5.41, 5.74) is -1.14. The van der Waals surface area contributed by atoms with E-state index in [0.717, 1.165) is 5.76 Å². The number of amides is 1. The lowest BCUT2D eigenvalue weighted by Crippen LogP contribution is -2.69. The monoisotopic (exact) mass is 438 g/mol. The molecule has 0 radical (unpaired) electrons. The molecule has 2 heterocycles. The summed E-state index contributed by atoms with van der Waals surface area (Å²) in [5.74, 6) is 0.149. The van der Waals surface area contributed by atoms with Gasteiger partial charge in [0.2, 0.25) is 0 Å². The van der Waals surface area contributed by atoms with Crippen LogP contribution in [0.5, 0.6) is 0 Å². The molecule has 32 heavy (non-hydrogen) atoms. The van der Waals surface area contributed by atoms with E-state index < -0.39 is 22.6 Å². The molecule has 1 aliphatic rings. The van der Waals surface area contributed by atoms with Crippen LogP contribution >= 0.6 is 0 Å². The van der Waals surface area contributed by atoms with Crippen molar-refractivity contribution in [1.29, 1.82) is 0 Å². The molecule has 166 valence electrons. The summed E-state index contributed by atoms with van der Waals surface area (Å²) in [4.78, 5) is 39.8. The first-order valence-corrected chi connectivity index (χ1v) is 10.4. The van der Waals surface area contributed by atoms with Gasteiger partial charge in [-0.3, -0.25) is 14.4 Å². The van der Waals surface area contributed by atoms with Crippen LogP contribution in [0.3, 0.4) is 0 Å². The lowest BCUT2D eigenvalue weighted by atomic mass is 9.80. The van der Waals surface area contributed by atoms with Gasteiger partial charge in [-0.2, -0.15) is 0 Å². The molecule has 7 nitrogen and oxygen atoms in total. The lowest BCUT2D eigenvalue weighted by Gasteiger charge is -2.23. The van der Waals surface area contributed by atoms with E-state index in [1.807, 2.05) is 39.8 Å². The minimum atomic E-state index is -0.773. The molecule has 4 rings (SSSR count). The Bertz CT molecular complexity index is 1320. The maximum atomic E-state index is 14.6. The molecule has 0 fully saturated rings. The fraction of sp³-hybridized carbons (Fsp3) is 0.333. The number of furan rings is 1. The molecule has 0 aliphatic carbocycles. The van der Waals surface area contributed by atoms with Gasteiger partial charge in [0, 0.05) is 0 Å². The Kier molecular flexibility index (Phi) is 5.11. The number of halogens is 1. The number of hydrogen-bond acceptors (Lipinski definition) is 5. The first-order chi connectivity index (χ1) is 15.0. The van der Waals surface area contributed by atoms with Gasteiger partial charge in [0.25, 0.3) is 17.0 Å². The van der Waals surface area contributed by atoms with Crippen molar-refractivity contribution in [3.63, 3.8) is 0 Å². The molecule has 0 bridgehead atoms. The minimum absolute atomic E-state index is 0.0241. The summed E-state index contributed by atoms with van der Waals surface area (Å²) >= 11 is 0. The zero-order valence-electron chi connectivity index (χ0n) is 18.6. The quantitative estimate of drug-likeness (QED) is 0.420. The average Bonchev–Trinajstić information content (AvgIpc) is 3.26. The molecule has 2 atom stereocenters. The van der Waals surface area contributed by atoms with E-state index in [2.05, 4.69) is 15.6 Å². The van der Waals surface area contributed by atoms with E-state index in [9.17, 15) is 18.8 Å². The van der Waals surface area contributed by atoms with Crippen molar-refractivity contribution < 1.29 is 18.6 Å². The van der Waals surface area contributed by atoms with Gasteiger partial charge >= 0.3 is 5.43 Å². The molecule has 1 aromatic heterocycles. The van der Waals surface area contributed by atoms with Crippen LogP contribution in [0.2, 0.25) is 0 Å². The van der Waals surface area contributed by atoms with Gasteiger partial charge in [0.15, 0.2) is 11.9 Å². The third kappa shape index (κ3) is 3.55. The molecule has 1 unspecified atom stereocenters. The average molecular weight is 438 g/mol. The number of benzene rings is 1. The highest BCUT2D eigenvalue weighted by atomic mass is 19.1. The van der Waals surface area contributed by atoms with Crippen LogP contribution in [0.1, 0.15) is 67.1 Å². The van der Waals surface area contributed by atoms with Crippen molar-refractivity contribution >= 4 is 29.2 Å². The van der Waals surface area contributed by atoms with Crippen molar-refractivity contribution in [1.82, 2.24) is 5.32 Å². The zero-order valence-corrected chi connectivity index (χ0v) is 18.6. The number of rotatable bonds is 5. The molecule has 3 N–H and O–H groups in total. The highest BCUT2D eigenvalue weighted by Gasteiger charge is 2.35. The van der Waals surface area contributed by atoms with Crippen molar-refractivity contribution in [2.24, 2.45) is 5.41 Å². The third-order valence-corrected chi connectivity index (χ3v) is 5.78. The van der Waals surface area contributed by atoms with Crippen LogP contribution in [0.15, 0.2) is 38.3 Å². The molecule has 1 aliphatic heterocycles. The number of nitrogens with one attached hydrogen (secondary N) is 3. The van der Waals surface area contributed by atoms with Gasteiger partial charge in [-0.25, -0.2) is 9.38 Å². The fourth-order valence-corrected chi connectivity index (χ4v) is 3.99. The summed E-state index contributed by atoms with van der Waals surface area (Å²) in [7, 11) is 0. The Morgan fingerprint density at radius 1 is 1.12 bits per heavy atom. The molecular formula is C24H25FN3O4+. The number of anilines is 2. The molecule has 1 amide bonds. The molecular weight excluding hydrogens is 413 g/mol. The van der Waals surface area contributed by atoms with E-state index >= 15 is 0 Å². The van der Waals surface area contributed by atoms with Gasteiger partial charge in [-0.15, -0.1) is 0 Å². The summed E-state index contributed by atoms with van der Waals surface area (Å²) < 4.78 is 20.4. The molecule has 8 heteroatoms. The minimum Gasteiger partial charge on any atom is -0.465 e. The predicted molar refractivity (Wildman–Crippen MR) is 119 cm³/mol. The van der Waals surface area contributed by atoms with Gasteiger partial charge in [0.1, 0.15) is 17.3 Å². The summed E-state index contributed by atoms with van der Waals surface area (Å²) in [6, 6.07) is 6.22. The fourth-order valence-electron chi connectivity index (χ4n) is 3.99. The van der Waals surface area contributed by atoms with Crippen molar-refractivity contribution in [3.05, 3.63) is 73.2 Å². The summed E-state index contributed by atoms with van der Waals surface area (Å²) in [5, 5.41) is 5.42. The van der Waals surface area contributed by atoms with Crippen molar-refractivity contribution in [2.75, 3.05) is 5.32 Å². The largest absolute Gasteiger partial charge is 0.465 e. The normalized spacial score (nSPS) is 17.1. The summed E-state index contributed by atoms with van der Waals surface area (Å²) in [6.45, 7) is 9.71. The van der Waals surface area contributed by atoms with Crippen LogP contribution in [-0.4, -0.2) is 12.1 Å². The smallest absolute Gasteiger partial charge is 0.301 e. The van der Waals surface area contributed by atoms with Gasteiger partial charge < -0.3 is 15.1 Å². The maximum absolute atomic E-state index is 14.6. The van der Waals surface area contributed by atoms with E-state index in [0.29, 0.717) is 11.3 Å². The van der Waals surface area contributed by atoms with E-state index in [1.54, 1.807) is 13.1 Å². The maximum Gasteiger partial charge on any atom is 0.301 e. The van der Waals surface area contributed by atoms with E-state index in [-0.39, 0.29) is 40.0 Å². The number of aryl methyl sites for hydroxylation is 1. The van der Waals surface area contributed by atoms with Crippen LogP contribution in [0.25, 0.3) is 0 Å². The molecule has 0 spiro atoms. The van der Waals surface area contributed by atoms with Crippen LogP contribution in [-0.2, 0) is 0 Å². The predicted octanol–water partition coefficient (Wildman–Crippen LogP) is 2.48. The first kappa shape index (κ1) is 21.7. The van der Waals surface area contributed by atoms with Gasteiger partial charge in [0.05, 0.1) is 23.2 Å². The standard InChI is InChI=1S/C24H24FN3O4/c1-11-6-9-16(32-11)14(24(3,4)5)10-26-19-20(22(30)21(19)29)28-18-15(25)8-7-13-12(2)27-23(31)17(13)18/h6-10,12,14,28H,1-5H3,(H,27,31)/p+1/t12-,14?/m0/s1. The SMILES string of the molecule is Cc1ccc(C(C=[NH+]c2c(Nc3c(F)ccc4c3C(=O)N[C@H]4C)c(=O)c2=O)C(C)(C)C)o1. The third-order valence-electron chi connectivity index (χ3n) is 5.78. The second-order valence-electron chi connectivity index (χ2n) is 9.22. The second kappa shape index (κ2) is 7.55. The van der Waals surface area contributed by atoms with E-state index in [4.69, 9.17) is 4.42 Å². The Balaban J connectivity index is 1.71. The highest BCUT2D eigenvalue weighted by Crippen LogP contribution is 2.35. The second-order valence-corrected chi connectivity index (χ2v) is 9.22. The topological polar surface area (TPSA) is 102 Å². The van der Waals surface area contributed by atoms with Crippen LogP contribution < -0.4 is 26.5 Å². The summed E-state index contributed by atoms with van der Waals surface area (Å²) in [6.07, 6.45) is 1.69. The van der Waals surface area contributed by atoms with E-state index in [1.165, 1.54) is 12.1 Å². The van der Waals surface area contributed by atoms with Crippen molar-refractivity contribution in [2.45, 2.75) is 46.6 Å². The Hall–Kier alpha value is -3.55. The molecule has 0 saturated heterocycles. The number of carbonyl (C=O) groups is 1. The Morgan fingerprint density at radius 3 is 2.47 bits per heavy atom. The molecule has 3 aromatic rings. The molecule has 0 saturated carbocycles. The Labute approximate surface area is 184 Å². The zero-order chi connectivity index (χ0) is 23.4. The highest BCUT2D eigenvalue weighted by molar-refractivity contribution is 6.05. The van der Waals surface area contributed by atoms with Gasteiger partial charge in [-0.05, 0) is 43.0 Å². The molecule has 2 aromatic carbocycles. The number of hydrogen-bond donors (Lipinski definition) is 3. The number of carbonyl (C=O) groups excluding carboxylic acids is 1.